The van der Waals surface area contributed by atoms with E-state index >= 15 is 0 Å². The van der Waals surface area contributed by atoms with E-state index in [1.54, 1.807) is 11.3 Å². The van der Waals surface area contributed by atoms with E-state index in [-0.39, 0.29) is 5.91 Å². The molecule has 0 aliphatic rings. The van der Waals surface area contributed by atoms with Crippen LogP contribution in [0.15, 0.2) is 5.38 Å². The highest BCUT2D eigenvalue weighted by atomic mass is 32.1. The molecule has 0 saturated carbocycles. The highest BCUT2D eigenvalue weighted by molar-refractivity contribution is 7.09. The largest absolute Gasteiger partial charge is 0.356 e. The van der Waals surface area contributed by atoms with E-state index in [0.717, 1.165) is 30.1 Å². The number of nitrogens with one attached hydrogen (secondary N) is 1. The molecule has 3 nitrogen and oxygen atoms in total. The molecule has 14 heavy (non-hydrogen) atoms. The molecule has 1 N–H and O–H groups in total. The first-order valence-electron chi connectivity index (χ1n) is 4.90. The quantitative estimate of drug-likeness (QED) is 0.810. The van der Waals surface area contributed by atoms with Gasteiger partial charge in [-0.3, -0.25) is 4.79 Å². The van der Waals surface area contributed by atoms with Gasteiger partial charge < -0.3 is 5.32 Å². The second kappa shape index (κ2) is 5.75. The molecule has 1 rings (SSSR count). The van der Waals surface area contributed by atoms with Crippen LogP contribution in [0.25, 0.3) is 0 Å². The van der Waals surface area contributed by atoms with Gasteiger partial charge in [-0.25, -0.2) is 4.98 Å². The molecule has 0 aliphatic heterocycles. The highest BCUT2D eigenvalue weighted by Crippen LogP contribution is 2.10. The van der Waals surface area contributed by atoms with E-state index in [0.29, 0.717) is 6.42 Å². The van der Waals surface area contributed by atoms with Gasteiger partial charge in [0.15, 0.2) is 0 Å². The molecular formula is C10H16N2OS. The first-order chi connectivity index (χ1) is 6.72. The van der Waals surface area contributed by atoms with Gasteiger partial charge in [0.05, 0.1) is 5.01 Å². The molecule has 0 unspecified atom stereocenters. The van der Waals surface area contributed by atoms with Crippen LogP contribution in [0.5, 0.6) is 0 Å². The lowest BCUT2D eigenvalue weighted by Crippen LogP contribution is -2.24. The highest BCUT2D eigenvalue weighted by Gasteiger charge is 2.03. The molecule has 0 aliphatic carbocycles. The number of amides is 1. The molecule has 0 atom stereocenters. The molecule has 0 spiro atoms. The standard InChI is InChI=1S/C10H16N2OS/c1-3-6-11-9(13)4-5-10-12-8(2)7-14-10/h7H,3-6H2,1-2H3,(H,11,13). The smallest absolute Gasteiger partial charge is 0.220 e. The van der Waals surface area contributed by atoms with Gasteiger partial charge in [0, 0.05) is 30.5 Å². The molecule has 1 heterocycles. The van der Waals surface area contributed by atoms with Crippen molar-refractivity contribution < 1.29 is 4.79 Å². The average Bonchev–Trinajstić information content (AvgIpc) is 2.58. The minimum absolute atomic E-state index is 0.125. The Morgan fingerprint density at radius 3 is 3.00 bits per heavy atom. The predicted octanol–water partition coefficient (Wildman–Crippen LogP) is 1.91. The van der Waals surface area contributed by atoms with Crippen molar-refractivity contribution in [1.29, 1.82) is 0 Å². The van der Waals surface area contributed by atoms with Crippen LogP contribution in [-0.4, -0.2) is 17.4 Å². The van der Waals surface area contributed by atoms with Gasteiger partial charge >= 0.3 is 0 Å². The fourth-order valence-corrected chi connectivity index (χ4v) is 1.87. The lowest BCUT2D eigenvalue weighted by atomic mass is 10.3. The Kier molecular flexibility index (Phi) is 4.59. The summed E-state index contributed by atoms with van der Waals surface area (Å²) in [6.45, 7) is 4.79. The number of carbonyl (C=O) groups is 1. The molecule has 0 radical (unpaired) electrons. The first kappa shape index (κ1) is 11.2. The Labute approximate surface area is 88.6 Å². The van der Waals surface area contributed by atoms with Crippen molar-refractivity contribution >= 4 is 17.2 Å². The summed E-state index contributed by atoms with van der Waals surface area (Å²) in [7, 11) is 0. The van der Waals surface area contributed by atoms with E-state index in [2.05, 4.69) is 10.3 Å². The van der Waals surface area contributed by atoms with Crippen LogP contribution < -0.4 is 5.32 Å². The Morgan fingerprint density at radius 1 is 1.64 bits per heavy atom. The summed E-state index contributed by atoms with van der Waals surface area (Å²) in [5.41, 5.74) is 1.04. The Balaban J connectivity index is 2.23. The number of rotatable bonds is 5. The number of nitrogens with zero attached hydrogens (tertiary/aromatic N) is 1. The Hall–Kier alpha value is -0.900. The molecule has 1 aromatic heterocycles. The molecule has 78 valence electrons. The SMILES string of the molecule is CCCNC(=O)CCc1nc(C)cs1. The van der Waals surface area contributed by atoms with Crippen molar-refractivity contribution in [2.75, 3.05) is 6.54 Å². The fourth-order valence-electron chi connectivity index (χ4n) is 1.09. The molecule has 0 aromatic carbocycles. The summed E-state index contributed by atoms with van der Waals surface area (Å²) in [6.07, 6.45) is 2.29. The van der Waals surface area contributed by atoms with E-state index < -0.39 is 0 Å². The minimum Gasteiger partial charge on any atom is -0.356 e. The Bertz CT molecular complexity index is 296. The monoisotopic (exact) mass is 212 g/mol. The van der Waals surface area contributed by atoms with Crippen LogP contribution in [-0.2, 0) is 11.2 Å². The molecule has 4 heteroatoms. The van der Waals surface area contributed by atoms with Crippen molar-refractivity contribution in [1.82, 2.24) is 10.3 Å². The van der Waals surface area contributed by atoms with Gasteiger partial charge in [-0.2, -0.15) is 0 Å². The van der Waals surface area contributed by atoms with Gasteiger partial charge in [0.25, 0.3) is 0 Å². The van der Waals surface area contributed by atoms with Crippen LogP contribution in [0.1, 0.15) is 30.5 Å². The van der Waals surface area contributed by atoms with Gasteiger partial charge in [-0.1, -0.05) is 6.92 Å². The van der Waals surface area contributed by atoms with Gasteiger partial charge in [-0.05, 0) is 13.3 Å². The average molecular weight is 212 g/mol. The number of aryl methyl sites for hydroxylation is 2. The van der Waals surface area contributed by atoms with E-state index in [1.165, 1.54) is 0 Å². The second-order valence-corrected chi connectivity index (χ2v) is 4.18. The number of hydrogen-bond acceptors (Lipinski definition) is 3. The molecular weight excluding hydrogens is 196 g/mol. The molecule has 0 saturated heterocycles. The molecule has 0 bridgehead atoms. The van der Waals surface area contributed by atoms with Crippen LogP contribution in [0.4, 0.5) is 0 Å². The van der Waals surface area contributed by atoms with Crippen LogP contribution in [0.3, 0.4) is 0 Å². The van der Waals surface area contributed by atoms with Crippen LogP contribution >= 0.6 is 11.3 Å². The zero-order chi connectivity index (χ0) is 10.4. The normalized spacial score (nSPS) is 10.1. The summed E-state index contributed by atoms with van der Waals surface area (Å²) in [5, 5.41) is 5.91. The number of hydrogen-bond donors (Lipinski definition) is 1. The number of carbonyl (C=O) groups excluding carboxylic acids is 1. The van der Waals surface area contributed by atoms with E-state index in [1.807, 2.05) is 19.2 Å². The van der Waals surface area contributed by atoms with Crippen molar-refractivity contribution in [2.24, 2.45) is 0 Å². The summed E-state index contributed by atoms with van der Waals surface area (Å²) in [6, 6.07) is 0. The third-order valence-corrected chi connectivity index (χ3v) is 2.83. The van der Waals surface area contributed by atoms with E-state index in [9.17, 15) is 4.79 Å². The van der Waals surface area contributed by atoms with Gasteiger partial charge in [0.1, 0.15) is 0 Å². The van der Waals surface area contributed by atoms with Crippen LogP contribution in [0.2, 0.25) is 0 Å². The summed E-state index contributed by atoms with van der Waals surface area (Å²) in [4.78, 5) is 15.5. The van der Waals surface area contributed by atoms with Crippen molar-refractivity contribution in [2.45, 2.75) is 33.1 Å². The molecule has 1 aromatic rings. The number of thiazole rings is 1. The lowest BCUT2D eigenvalue weighted by Gasteiger charge is -2.01. The van der Waals surface area contributed by atoms with Crippen molar-refractivity contribution in [3.8, 4) is 0 Å². The van der Waals surface area contributed by atoms with Gasteiger partial charge in [-0.15, -0.1) is 11.3 Å². The zero-order valence-corrected chi connectivity index (χ0v) is 9.49. The summed E-state index contributed by atoms with van der Waals surface area (Å²) in [5.74, 6) is 0.125. The maximum atomic E-state index is 11.2. The summed E-state index contributed by atoms with van der Waals surface area (Å²) >= 11 is 1.62. The van der Waals surface area contributed by atoms with Crippen molar-refractivity contribution in [3.05, 3.63) is 16.1 Å². The number of aromatic nitrogens is 1. The second-order valence-electron chi connectivity index (χ2n) is 3.23. The first-order valence-corrected chi connectivity index (χ1v) is 5.78. The fraction of sp³-hybridized carbons (Fsp3) is 0.600. The third kappa shape index (κ3) is 3.87. The summed E-state index contributed by atoms with van der Waals surface area (Å²) < 4.78 is 0. The maximum Gasteiger partial charge on any atom is 0.220 e. The minimum atomic E-state index is 0.125. The van der Waals surface area contributed by atoms with Crippen LogP contribution in [0, 0.1) is 6.92 Å². The topological polar surface area (TPSA) is 42.0 Å². The molecule has 0 fully saturated rings. The van der Waals surface area contributed by atoms with E-state index in [4.69, 9.17) is 0 Å². The maximum absolute atomic E-state index is 11.2. The van der Waals surface area contributed by atoms with Crippen molar-refractivity contribution in [3.63, 3.8) is 0 Å². The lowest BCUT2D eigenvalue weighted by molar-refractivity contribution is -0.121. The van der Waals surface area contributed by atoms with Gasteiger partial charge in [0.2, 0.25) is 5.91 Å². The Morgan fingerprint density at radius 2 is 2.43 bits per heavy atom. The predicted molar refractivity (Wildman–Crippen MR) is 58.5 cm³/mol. The molecule has 1 amide bonds. The zero-order valence-electron chi connectivity index (χ0n) is 8.67. The third-order valence-electron chi connectivity index (χ3n) is 1.80.